The topological polar surface area (TPSA) is 68.3 Å². The molecular weight excluding hydrogens is 315 g/mol. The van der Waals surface area contributed by atoms with E-state index in [0.717, 1.165) is 12.3 Å². The van der Waals surface area contributed by atoms with Crippen LogP contribution in [0.1, 0.15) is 0 Å². The first-order chi connectivity index (χ1) is 9.62. The molecule has 0 heterocycles. The Morgan fingerprint density at radius 1 is 0.714 bits per heavy atom. The summed E-state index contributed by atoms with van der Waals surface area (Å²) in [5.74, 6) is -0.699. The molecule has 0 bridgehead atoms. The lowest BCUT2D eigenvalue weighted by molar-refractivity contribution is 0.570. The van der Waals surface area contributed by atoms with E-state index in [1.807, 2.05) is 0 Å². The number of hydrogen-bond acceptors (Lipinski definition) is 4. The minimum absolute atomic E-state index is 0.250. The smallest absolute Gasteiger partial charge is 0.178 e. The molecule has 4 nitrogen and oxygen atoms in total. The molecule has 0 amide bonds. The van der Waals surface area contributed by atoms with Gasteiger partial charge in [0, 0.05) is 12.5 Å². The average Bonchev–Trinajstić information content (AvgIpc) is 2.39. The monoisotopic (exact) mass is 330 g/mol. The molecule has 0 aromatic heterocycles. The third-order valence-electron chi connectivity index (χ3n) is 2.41. The van der Waals surface area contributed by atoms with Crippen molar-refractivity contribution in [1.29, 1.82) is 0 Å². The number of sulfone groups is 2. The highest BCUT2D eigenvalue weighted by Crippen LogP contribution is 2.12. The van der Waals surface area contributed by atoms with Crippen LogP contribution in [0.3, 0.4) is 0 Å². The Morgan fingerprint density at radius 3 is 1.52 bits per heavy atom. The van der Waals surface area contributed by atoms with Gasteiger partial charge in [0.15, 0.2) is 19.7 Å². The molecule has 114 valence electrons. The second-order valence-corrected chi connectivity index (χ2v) is 8.29. The van der Waals surface area contributed by atoms with Gasteiger partial charge in [-0.1, -0.05) is 30.3 Å². The Morgan fingerprint density at radius 2 is 1.19 bits per heavy atom. The van der Waals surface area contributed by atoms with Crippen molar-refractivity contribution >= 4 is 19.7 Å². The fourth-order valence-electron chi connectivity index (χ4n) is 1.41. The molecule has 2 rings (SSSR count). The van der Waals surface area contributed by atoms with Crippen molar-refractivity contribution in [3.05, 3.63) is 60.4 Å². The molecule has 0 N–H and O–H groups in total. The minimum atomic E-state index is -3.41. The Hall–Kier alpha value is -1.73. The summed E-state index contributed by atoms with van der Waals surface area (Å²) in [6.07, 6.45) is 2.17. The van der Waals surface area contributed by atoms with Gasteiger partial charge in [-0.3, -0.25) is 0 Å². The van der Waals surface area contributed by atoms with E-state index in [9.17, 15) is 21.2 Å². The van der Waals surface area contributed by atoms with E-state index < -0.39 is 25.5 Å². The van der Waals surface area contributed by atoms with Gasteiger partial charge in [-0.25, -0.2) is 21.2 Å². The van der Waals surface area contributed by atoms with Crippen molar-refractivity contribution in [1.82, 2.24) is 0 Å². The van der Waals surface area contributed by atoms with Crippen LogP contribution in [0.25, 0.3) is 0 Å². The highest BCUT2D eigenvalue weighted by atomic mass is 32.2. The zero-order valence-corrected chi connectivity index (χ0v) is 13.2. The molecule has 0 saturated heterocycles. The molecule has 0 aliphatic rings. The maximum Gasteiger partial charge on any atom is 0.178 e. The van der Waals surface area contributed by atoms with E-state index >= 15 is 0 Å². The molecule has 0 spiro atoms. The number of rotatable bonds is 2. The fourth-order valence-corrected chi connectivity index (χ4v) is 2.81. The molecule has 0 saturated carbocycles. The van der Waals surface area contributed by atoms with E-state index in [4.69, 9.17) is 0 Å². The molecule has 21 heavy (non-hydrogen) atoms. The summed E-state index contributed by atoms with van der Waals surface area (Å²) in [6.45, 7) is 0. The van der Waals surface area contributed by atoms with Crippen molar-refractivity contribution in [3.8, 4) is 0 Å². The Bertz CT molecular complexity index is 798. The second-order valence-electron chi connectivity index (χ2n) is 4.29. The van der Waals surface area contributed by atoms with E-state index in [1.165, 1.54) is 24.5 Å². The highest BCUT2D eigenvalue weighted by Gasteiger charge is 2.11. The number of benzene rings is 2. The Labute approximate surface area is 124 Å². The van der Waals surface area contributed by atoms with Gasteiger partial charge in [0.1, 0.15) is 10.7 Å². The van der Waals surface area contributed by atoms with Gasteiger partial charge in [-0.15, -0.1) is 0 Å². The molecule has 0 unspecified atom stereocenters. The van der Waals surface area contributed by atoms with Crippen LogP contribution < -0.4 is 0 Å². The van der Waals surface area contributed by atoms with Gasteiger partial charge in [0.2, 0.25) is 0 Å². The van der Waals surface area contributed by atoms with Crippen LogP contribution >= 0.6 is 0 Å². The second kappa shape index (κ2) is 6.82. The summed E-state index contributed by atoms with van der Waals surface area (Å²) in [7, 11) is -6.41. The average molecular weight is 330 g/mol. The van der Waals surface area contributed by atoms with Crippen molar-refractivity contribution < 1.29 is 21.2 Å². The molecular formula is C14H15FO4S2. The summed E-state index contributed by atoms with van der Waals surface area (Å²) < 4.78 is 56.0. The Kier molecular flexibility index (Phi) is 5.62. The first kappa shape index (κ1) is 17.3. The molecule has 2 aromatic carbocycles. The van der Waals surface area contributed by atoms with E-state index in [0.29, 0.717) is 4.90 Å². The van der Waals surface area contributed by atoms with Gasteiger partial charge < -0.3 is 0 Å². The van der Waals surface area contributed by atoms with Crippen LogP contribution in [-0.2, 0) is 19.7 Å². The third-order valence-corrected chi connectivity index (χ3v) is 4.67. The van der Waals surface area contributed by atoms with Crippen LogP contribution in [0.4, 0.5) is 4.39 Å². The maximum absolute atomic E-state index is 12.7. The van der Waals surface area contributed by atoms with Gasteiger partial charge in [-0.2, -0.15) is 0 Å². The quantitative estimate of drug-likeness (QED) is 0.847. The zero-order chi connectivity index (χ0) is 16.1. The normalized spacial score (nSPS) is 11.4. The van der Waals surface area contributed by atoms with E-state index in [1.54, 1.807) is 30.3 Å². The molecule has 2 aromatic rings. The SMILES string of the molecule is CS(=O)(=O)c1ccccc1.CS(=O)(=O)c1ccccc1F. The summed E-state index contributed by atoms with van der Waals surface area (Å²) in [4.78, 5) is 0.120. The van der Waals surface area contributed by atoms with Gasteiger partial charge in [-0.05, 0) is 24.3 Å². The molecule has 7 heteroatoms. The third kappa shape index (κ3) is 5.65. The summed E-state index contributed by atoms with van der Waals surface area (Å²) in [6, 6.07) is 13.6. The lowest BCUT2D eigenvalue weighted by Gasteiger charge is -1.97. The largest absolute Gasteiger partial charge is 0.224 e. The maximum atomic E-state index is 12.7. The van der Waals surface area contributed by atoms with Crippen LogP contribution in [0.2, 0.25) is 0 Å². The van der Waals surface area contributed by atoms with Crippen LogP contribution in [0.15, 0.2) is 64.4 Å². The standard InChI is InChI=1S/C7H7FO2S.C7H8O2S/c1-11(9,10)7-5-3-2-4-6(7)8;1-10(8,9)7-5-3-2-4-6-7/h2-5H,1H3;2-6H,1H3. The van der Waals surface area contributed by atoms with Crippen molar-refractivity contribution in [2.75, 3.05) is 12.5 Å². The van der Waals surface area contributed by atoms with Crippen molar-refractivity contribution in [3.63, 3.8) is 0 Å². The van der Waals surface area contributed by atoms with Crippen molar-refractivity contribution in [2.24, 2.45) is 0 Å². The van der Waals surface area contributed by atoms with Gasteiger partial charge in [0.05, 0.1) is 4.90 Å². The summed E-state index contributed by atoms with van der Waals surface area (Å²) >= 11 is 0. The van der Waals surface area contributed by atoms with Crippen LogP contribution in [-0.4, -0.2) is 29.3 Å². The van der Waals surface area contributed by atoms with Crippen LogP contribution in [0, 0.1) is 5.82 Å². The highest BCUT2D eigenvalue weighted by molar-refractivity contribution is 7.91. The number of hydrogen-bond donors (Lipinski definition) is 0. The molecule has 0 radical (unpaired) electrons. The first-order valence-electron chi connectivity index (χ1n) is 5.82. The summed E-state index contributed by atoms with van der Waals surface area (Å²) in [5, 5.41) is 0. The minimum Gasteiger partial charge on any atom is -0.224 e. The van der Waals surface area contributed by atoms with E-state index in [-0.39, 0.29) is 4.90 Å². The van der Waals surface area contributed by atoms with Crippen LogP contribution in [0.5, 0.6) is 0 Å². The van der Waals surface area contributed by atoms with Gasteiger partial charge >= 0.3 is 0 Å². The number of halogens is 1. The summed E-state index contributed by atoms with van der Waals surface area (Å²) in [5.41, 5.74) is 0. The molecule has 0 aliphatic carbocycles. The first-order valence-corrected chi connectivity index (χ1v) is 9.60. The lowest BCUT2D eigenvalue weighted by Crippen LogP contribution is -1.99. The molecule has 0 atom stereocenters. The predicted molar refractivity (Wildman–Crippen MR) is 79.1 cm³/mol. The Balaban J connectivity index is 0.000000211. The van der Waals surface area contributed by atoms with Gasteiger partial charge in [0.25, 0.3) is 0 Å². The molecule has 0 fully saturated rings. The van der Waals surface area contributed by atoms with Crippen molar-refractivity contribution in [2.45, 2.75) is 9.79 Å². The molecule has 0 aliphatic heterocycles. The fraction of sp³-hybridized carbons (Fsp3) is 0.143. The lowest BCUT2D eigenvalue weighted by atomic mass is 10.4. The predicted octanol–water partition coefficient (Wildman–Crippen LogP) is 2.32. The zero-order valence-electron chi connectivity index (χ0n) is 11.5. The van der Waals surface area contributed by atoms with E-state index in [2.05, 4.69) is 0 Å².